The van der Waals surface area contributed by atoms with Crippen molar-refractivity contribution in [2.24, 2.45) is 0 Å². The lowest BCUT2D eigenvalue weighted by atomic mass is 9.84. The van der Waals surface area contributed by atoms with Gasteiger partial charge < -0.3 is 4.42 Å². The van der Waals surface area contributed by atoms with Crippen LogP contribution in [0, 0.1) is 0 Å². The summed E-state index contributed by atoms with van der Waals surface area (Å²) in [6, 6.07) is 26.1. The van der Waals surface area contributed by atoms with Crippen molar-refractivity contribution in [2.75, 3.05) is 0 Å². The Morgan fingerprint density at radius 2 is 1.00 bits per heavy atom. The molecular weight excluding hydrogens is 336 g/mol. The Morgan fingerprint density at radius 1 is 0.481 bits per heavy atom. The minimum absolute atomic E-state index is 0.122. The highest BCUT2D eigenvalue weighted by molar-refractivity contribution is 6.30. The molecule has 0 bridgehead atoms. The Balaban J connectivity index is 1.86. The number of fused-ring (bicyclic) bond motifs is 2. The van der Waals surface area contributed by atoms with E-state index in [0.29, 0.717) is 28.0 Å². The first-order valence-corrected chi connectivity index (χ1v) is 8.72. The van der Waals surface area contributed by atoms with Crippen molar-refractivity contribution in [3.8, 4) is 22.5 Å². The average Bonchev–Trinajstić information content (AvgIpc) is 3.14. The van der Waals surface area contributed by atoms with E-state index in [1.165, 1.54) is 0 Å². The summed E-state index contributed by atoms with van der Waals surface area (Å²) in [6.45, 7) is 0. The van der Waals surface area contributed by atoms with Crippen molar-refractivity contribution in [1.82, 2.24) is 0 Å². The molecule has 0 aliphatic heterocycles. The molecule has 27 heavy (non-hydrogen) atoms. The number of carbonyl (C=O) groups is 2. The molecule has 0 saturated heterocycles. The Bertz CT molecular complexity index is 1190. The molecule has 0 N–H and O–H groups in total. The molecule has 0 spiro atoms. The molecule has 0 radical (unpaired) electrons. The van der Waals surface area contributed by atoms with Crippen molar-refractivity contribution in [3.63, 3.8) is 0 Å². The fraction of sp³-hybridized carbons (Fsp3) is 0. The van der Waals surface area contributed by atoms with E-state index in [2.05, 4.69) is 0 Å². The van der Waals surface area contributed by atoms with E-state index < -0.39 is 0 Å². The Labute approximate surface area is 155 Å². The van der Waals surface area contributed by atoms with Gasteiger partial charge in [0.1, 0.15) is 5.76 Å². The second-order valence-corrected chi connectivity index (χ2v) is 6.45. The summed E-state index contributed by atoms with van der Waals surface area (Å²) >= 11 is 0. The fourth-order valence-electron chi connectivity index (χ4n) is 3.62. The zero-order chi connectivity index (χ0) is 18.4. The van der Waals surface area contributed by atoms with E-state index in [9.17, 15) is 9.59 Å². The number of rotatable bonds is 2. The van der Waals surface area contributed by atoms with E-state index >= 15 is 0 Å². The smallest absolute Gasteiger partial charge is 0.229 e. The summed E-state index contributed by atoms with van der Waals surface area (Å²) < 4.78 is 6.05. The van der Waals surface area contributed by atoms with Gasteiger partial charge in [-0.2, -0.15) is 0 Å². The van der Waals surface area contributed by atoms with E-state index in [0.717, 1.165) is 11.1 Å². The maximum Gasteiger partial charge on any atom is 0.229 e. The molecule has 1 aliphatic carbocycles. The summed E-state index contributed by atoms with van der Waals surface area (Å²) in [4.78, 5) is 26.3. The van der Waals surface area contributed by atoms with Gasteiger partial charge in [0, 0.05) is 22.3 Å². The van der Waals surface area contributed by atoms with Gasteiger partial charge in [0.2, 0.25) is 5.78 Å². The minimum Gasteiger partial charge on any atom is -0.451 e. The predicted octanol–water partition coefficient (Wildman–Crippen LogP) is 5.39. The van der Waals surface area contributed by atoms with Gasteiger partial charge in [-0.05, 0) is 5.56 Å². The Morgan fingerprint density at radius 3 is 1.63 bits per heavy atom. The van der Waals surface area contributed by atoms with Crippen LogP contribution in [-0.4, -0.2) is 11.6 Å². The van der Waals surface area contributed by atoms with Crippen molar-refractivity contribution in [2.45, 2.75) is 0 Å². The monoisotopic (exact) mass is 350 g/mol. The molecule has 0 saturated carbocycles. The molecule has 3 aromatic carbocycles. The third kappa shape index (κ3) is 2.29. The van der Waals surface area contributed by atoms with E-state index in [1.807, 2.05) is 60.7 Å². The molecule has 0 atom stereocenters. The van der Waals surface area contributed by atoms with Crippen LogP contribution in [0.4, 0.5) is 0 Å². The van der Waals surface area contributed by atoms with E-state index in [-0.39, 0.29) is 17.3 Å². The highest BCUT2D eigenvalue weighted by Crippen LogP contribution is 2.43. The molecule has 3 nitrogen and oxygen atoms in total. The maximum absolute atomic E-state index is 13.3. The standard InChI is InChI=1S/C24H14O3/c25-21-17-13-7-8-14-18(17)22(26)24-20(21)19(15-9-3-1-4-10-15)23(27-24)16-11-5-2-6-12-16/h1-14H. The van der Waals surface area contributed by atoms with Gasteiger partial charge in [0.05, 0.1) is 5.56 Å². The topological polar surface area (TPSA) is 47.3 Å². The Hall–Kier alpha value is -3.72. The van der Waals surface area contributed by atoms with Crippen LogP contribution in [-0.2, 0) is 0 Å². The normalized spacial score (nSPS) is 12.6. The number of ketones is 2. The summed E-state index contributed by atoms with van der Waals surface area (Å²) in [5, 5.41) is 0. The van der Waals surface area contributed by atoms with Gasteiger partial charge in [-0.1, -0.05) is 84.9 Å². The fourth-order valence-corrected chi connectivity index (χ4v) is 3.62. The lowest BCUT2D eigenvalue weighted by Crippen LogP contribution is -2.19. The van der Waals surface area contributed by atoms with Crippen LogP contribution < -0.4 is 0 Å². The SMILES string of the molecule is O=C1c2ccccc2C(=O)c2c1oc(-c1ccccc1)c2-c1ccccc1. The van der Waals surface area contributed by atoms with Gasteiger partial charge in [-0.25, -0.2) is 0 Å². The average molecular weight is 350 g/mol. The molecule has 1 aliphatic rings. The first kappa shape index (κ1) is 15.5. The van der Waals surface area contributed by atoms with Crippen molar-refractivity contribution < 1.29 is 14.0 Å². The van der Waals surface area contributed by atoms with Crippen LogP contribution in [0.25, 0.3) is 22.5 Å². The molecule has 0 unspecified atom stereocenters. The highest BCUT2D eigenvalue weighted by atomic mass is 16.4. The first-order chi connectivity index (χ1) is 13.3. The number of furan rings is 1. The molecule has 3 heteroatoms. The zero-order valence-corrected chi connectivity index (χ0v) is 14.3. The number of benzene rings is 3. The zero-order valence-electron chi connectivity index (χ0n) is 14.3. The van der Waals surface area contributed by atoms with Crippen LogP contribution in [0.3, 0.4) is 0 Å². The Kier molecular flexibility index (Phi) is 3.41. The largest absolute Gasteiger partial charge is 0.451 e. The van der Waals surface area contributed by atoms with Gasteiger partial charge in [0.25, 0.3) is 0 Å². The van der Waals surface area contributed by atoms with Gasteiger partial charge in [-0.3, -0.25) is 9.59 Å². The predicted molar refractivity (Wildman–Crippen MR) is 103 cm³/mol. The molecule has 0 amide bonds. The minimum atomic E-state index is -0.250. The van der Waals surface area contributed by atoms with Crippen LogP contribution in [0.5, 0.6) is 0 Å². The van der Waals surface area contributed by atoms with Crippen LogP contribution in [0.2, 0.25) is 0 Å². The van der Waals surface area contributed by atoms with Crippen molar-refractivity contribution >= 4 is 11.6 Å². The van der Waals surface area contributed by atoms with Gasteiger partial charge in [0.15, 0.2) is 11.5 Å². The van der Waals surface area contributed by atoms with Crippen LogP contribution >= 0.6 is 0 Å². The summed E-state index contributed by atoms with van der Waals surface area (Å²) in [7, 11) is 0. The molecular formula is C24H14O3. The first-order valence-electron chi connectivity index (χ1n) is 8.72. The van der Waals surface area contributed by atoms with Gasteiger partial charge in [-0.15, -0.1) is 0 Å². The van der Waals surface area contributed by atoms with Crippen molar-refractivity contribution in [1.29, 1.82) is 0 Å². The number of carbonyl (C=O) groups excluding carboxylic acids is 2. The molecule has 0 fully saturated rings. The number of hydrogen-bond donors (Lipinski definition) is 0. The van der Waals surface area contributed by atoms with Crippen molar-refractivity contribution in [3.05, 3.63) is 107 Å². The summed E-state index contributed by atoms with van der Waals surface area (Å²) in [5.41, 5.74) is 3.52. The molecule has 4 aromatic rings. The van der Waals surface area contributed by atoms with Crippen LogP contribution in [0.15, 0.2) is 89.3 Å². The van der Waals surface area contributed by atoms with E-state index in [1.54, 1.807) is 24.3 Å². The molecule has 128 valence electrons. The summed E-state index contributed by atoms with van der Waals surface area (Å²) in [6.07, 6.45) is 0. The third-order valence-electron chi connectivity index (χ3n) is 4.86. The highest BCUT2D eigenvalue weighted by Gasteiger charge is 2.37. The number of hydrogen-bond acceptors (Lipinski definition) is 3. The lowest BCUT2D eigenvalue weighted by molar-refractivity contribution is 0.0961. The summed E-state index contributed by atoms with van der Waals surface area (Å²) in [5.74, 6) is 0.238. The molecule has 1 heterocycles. The maximum atomic E-state index is 13.3. The molecule has 1 aromatic heterocycles. The molecule has 5 rings (SSSR count). The van der Waals surface area contributed by atoms with E-state index in [4.69, 9.17) is 4.42 Å². The quantitative estimate of drug-likeness (QED) is 0.429. The van der Waals surface area contributed by atoms with Crippen LogP contribution in [0.1, 0.15) is 32.0 Å². The second kappa shape index (κ2) is 5.92. The second-order valence-electron chi connectivity index (χ2n) is 6.45. The van der Waals surface area contributed by atoms with Gasteiger partial charge >= 0.3 is 0 Å². The third-order valence-corrected chi connectivity index (χ3v) is 4.86. The lowest BCUT2D eigenvalue weighted by Gasteiger charge is -2.14.